The molecular formula is C23H36O13. The predicted octanol–water partition coefficient (Wildman–Crippen LogP) is 0.00270. The molecule has 0 fully saturated rings. The van der Waals surface area contributed by atoms with Gasteiger partial charge in [0.25, 0.3) is 0 Å². The standard InChI is InChI=1S/C23H36O13/c1-19(24)34-15-13-31-11-9-30-10-12-32-14-16-35-20(17-33-8-4-5-21(25)28-2)18-36-23(27)7-6-22(26)29-3/h4-7,20H,8-18H2,1-3H3/b5-4+,7-6+. The van der Waals surface area contributed by atoms with Crippen molar-refractivity contribution in [3.8, 4) is 0 Å². The quantitative estimate of drug-likeness (QED) is 0.0816. The smallest absolute Gasteiger partial charge is 0.331 e. The molecule has 0 heterocycles. The highest BCUT2D eigenvalue weighted by molar-refractivity contribution is 5.91. The summed E-state index contributed by atoms with van der Waals surface area (Å²) in [4.78, 5) is 44.4. The summed E-state index contributed by atoms with van der Waals surface area (Å²) >= 11 is 0. The van der Waals surface area contributed by atoms with E-state index >= 15 is 0 Å². The maximum atomic E-state index is 11.7. The number of rotatable bonds is 22. The van der Waals surface area contributed by atoms with Gasteiger partial charge in [-0.05, 0) is 0 Å². The highest BCUT2D eigenvalue weighted by atomic mass is 16.6. The molecule has 36 heavy (non-hydrogen) atoms. The van der Waals surface area contributed by atoms with Gasteiger partial charge in [-0.2, -0.15) is 0 Å². The van der Waals surface area contributed by atoms with Gasteiger partial charge in [0.15, 0.2) is 0 Å². The van der Waals surface area contributed by atoms with Gasteiger partial charge in [-0.15, -0.1) is 0 Å². The molecule has 0 N–H and O–H groups in total. The predicted molar refractivity (Wildman–Crippen MR) is 123 cm³/mol. The van der Waals surface area contributed by atoms with Crippen LogP contribution in [0.25, 0.3) is 0 Å². The highest BCUT2D eigenvalue weighted by Crippen LogP contribution is 1.98. The number of hydrogen-bond donors (Lipinski definition) is 0. The maximum Gasteiger partial charge on any atom is 0.331 e. The average Bonchev–Trinajstić information content (AvgIpc) is 2.87. The van der Waals surface area contributed by atoms with Crippen molar-refractivity contribution in [3.63, 3.8) is 0 Å². The summed E-state index contributed by atoms with van der Waals surface area (Å²) in [6.07, 6.45) is 3.96. The van der Waals surface area contributed by atoms with Gasteiger partial charge in [0.2, 0.25) is 0 Å². The number of methoxy groups -OCH3 is 2. The fourth-order valence-electron chi connectivity index (χ4n) is 2.11. The van der Waals surface area contributed by atoms with E-state index in [0.29, 0.717) is 33.0 Å². The average molecular weight is 521 g/mol. The van der Waals surface area contributed by atoms with Gasteiger partial charge in [0.1, 0.15) is 19.3 Å². The number of carbonyl (C=O) groups excluding carboxylic acids is 4. The van der Waals surface area contributed by atoms with Crippen LogP contribution in [0.2, 0.25) is 0 Å². The van der Waals surface area contributed by atoms with Gasteiger partial charge in [-0.1, -0.05) is 6.08 Å². The van der Waals surface area contributed by atoms with E-state index in [-0.39, 0.29) is 45.6 Å². The zero-order chi connectivity index (χ0) is 26.9. The molecule has 1 unspecified atom stereocenters. The summed E-state index contributed by atoms with van der Waals surface area (Å²) in [5.74, 6) is -2.29. The Hall–Kier alpha value is -2.84. The second-order valence-corrected chi connectivity index (χ2v) is 6.62. The molecule has 0 aliphatic heterocycles. The number of esters is 4. The summed E-state index contributed by atoms with van der Waals surface area (Å²) in [5.41, 5.74) is 0. The van der Waals surface area contributed by atoms with Crippen LogP contribution in [0, 0.1) is 0 Å². The van der Waals surface area contributed by atoms with E-state index in [9.17, 15) is 19.2 Å². The van der Waals surface area contributed by atoms with Gasteiger partial charge in [0.05, 0.1) is 73.7 Å². The minimum atomic E-state index is -0.747. The lowest BCUT2D eigenvalue weighted by Gasteiger charge is -2.17. The molecule has 0 aromatic carbocycles. The summed E-state index contributed by atoms with van der Waals surface area (Å²) < 4.78 is 45.7. The van der Waals surface area contributed by atoms with Crippen LogP contribution in [0.15, 0.2) is 24.3 Å². The molecule has 0 aliphatic carbocycles. The molecule has 0 aromatic rings. The first kappa shape index (κ1) is 33.2. The summed E-state index contributed by atoms with van der Waals surface area (Å²) in [5, 5.41) is 0. The summed E-state index contributed by atoms with van der Waals surface area (Å²) in [6.45, 7) is 3.79. The molecule has 0 amide bonds. The largest absolute Gasteiger partial charge is 0.466 e. The van der Waals surface area contributed by atoms with Gasteiger partial charge < -0.3 is 42.6 Å². The molecule has 13 nitrogen and oxygen atoms in total. The van der Waals surface area contributed by atoms with Crippen LogP contribution < -0.4 is 0 Å². The van der Waals surface area contributed by atoms with Crippen LogP contribution in [0.4, 0.5) is 0 Å². The minimum absolute atomic E-state index is 0.0695. The number of carbonyl (C=O) groups is 4. The SMILES string of the molecule is COC(=O)/C=C/COCC(COC(=O)/C=C/C(=O)OC)OCCOCCOCCOCCOC(C)=O. The molecule has 13 heteroatoms. The second kappa shape index (κ2) is 23.9. The molecule has 0 rings (SSSR count). The van der Waals surface area contributed by atoms with Crippen molar-refractivity contribution in [2.75, 3.05) is 86.9 Å². The van der Waals surface area contributed by atoms with E-state index in [4.69, 9.17) is 33.2 Å². The van der Waals surface area contributed by atoms with Gasteiger partial charge in [-0.3, -0.25) is 4.79 Å². The third kappa shape index (κ3) is 22.9. The molecular weight excluding hydrogens is 484 g/mol. The van der Waals surface area contributed by atoms with Crippen molar-refractivity contribution in [2.45, 2.75) is 13.0 Å². The highest BCUT2D eigenvalue weighted by Gasteiger charge is 2.12. The summed E-state index contributed by atoms with van der Waals surface area (Å²) in [6, 6.07) is 0. The van der Waals surface area contributed by atoms with Crippen LogP contribution >= 0.6 is 0 Å². The first-order valence-corrected chi connectivity index (χ1v) is 11.1. The summed E-state index contributed by atoms with van der Waals surface area (Å²) in [7, 11) is 2.45. The van der Waals surface area contributed by atoms with Crippen molar-refractivity contribution in [2.24, 2.45) is 0 Å². The Morgan fingerprint density at radius 3 is 1.72 bits per heavy atom. The van der Waals surface area contributed by atoms with Crippen LogP contribution in [-0.4, -0.2) is 117 Å². The Morgan fingerprint density at radius 1 is 0.611 bits per heavy atom. The Bertz CT molecular complexity index is 675. The van der Waals surface area contributed by atoms with E-state index in [1.54, 1.807) is 0 Å². The Morgan fingerprint density at radius 2 is 1.14 bits per heavy atom. The zero-order valence-corrected chi connectivity index (χ0v) is 21.0. The lowest BCUT2D eigenvalue weighted by molar-refractivity contribution is -0.145. The molecule has 0 saturated heterocycles. The van der Waals surface area contributed by atoms with Crippen LogP contribution in [0.3, 0.4) is 0 Å². The van der Waals surface area contributed by atoms with E-state index in [2.05, 4.69) is 9.47 Å². The second-order valence-electron chi connectivity index (χ2n) is 6.62. The van der Waals surface area contributed by atoms with Gasteiger partial charge in [-0.25, -0.2) is 14.4 Å². The first-order chi connectivity index (χ1) is 17.4. The van der Waals surface area contributed by atoms with Crippen LogP contribution in [0.5, 0.6) is 0 Å². The van der Waals surface area contributed by atoms with Crippen molar-refractivity contribution in [3.05, 3.63) is 24.3 Å². The molecule has 0 aliphatic rings. The van der Waals surface area contributed by atoms with Crippen molar-refractivity contribution in [1.82, 2.24) is 0 Å². The van der Waals surface area contributed by atoms with Crippen molar-refractivity contribution in [1.29, 1.82) is 0 Å². The van der Waals surface area contributed by atoms with Gasteiger partial charge in [0, 0.05) is 25.2 Å². The molecule has 0 spiro atoms. The molecule has 1 atom stereocenters. The fraction of sp³-hybridized carbons (Fsp3) is 0.652. The lowest BCUT2D eigenvalue weighted by atomic mass is 10.4. The third-order valence-corrected chi connectivity index (χ3v) is 3.80. The van der Waals surface area contributed by atoms with E-state index in [1.165, 1.54) is 33.3 Å². The van der Waals surface area contributed by atoms with E-state index in [0.717, 1.165) is 12.2 Å². The van der Waals surface area contributed by atoms with Gasteiger partial charge >= 0.3 is 23.9 Å². The topological polar surface area (TPSA) is 151 Å². The molecule has 0 radical (unpaired) electrons. The monoisotopic (exact) mass is 520 g/mol. The molecule has 0 saturated carbocycles. The fourth-order valence-corrected chi connectivity index (χ4v) is 2.11. The zero-order valence-electron chi connectivity index (χ0n) is 21.0. The Labute approximate surface area is 210 Å². The van der Waals surface area contributed by atoms with Crippen LogP contribution in [0.1, 0.15) is 6.92 Å². The molecule has 0 aromatic heterocycles. The molecule has 0 bridgehead atoms. The Kier molecular flexibility index (Phi) is 22.0. The Balaban J connectivity index is 4.09. The first-order valence-electron chi connectivity index (χ1n) is 11.1. The van der Waals surface area contributed by atoms with Crippen molar-refractivity contribution >= 4 is 23.9 Å². The van der Waals surface area contributed by atoms with E-state index in [1.807, 2.05) is 0 Å². The number of hydrogen-bond acceptors (Lipinski definition) is 13. The third-order valence-electron chi connectivity index (χ3n) is 3.80. The normalized spacial score (nSPS) is 12.0. The number of ether oxygens (including phenoxy) is 9. The molecule has 206 valence electrons. The van der Waals surface area contributed by atoms with Crippen molar-refractivity contribution < 1.29 is 61.8 Å². The minimum Gasteiger partial charge on any atom is -0.466 e. The van der Waals surface area contributed by atoms with E-state index < -0.39 is 24.0 Å². The maximum absolute atomic E-state index is 11.7. The van der Waals surface area contributed by atoms with Crippen LogP contribution in [-0.2, 0) is 61.8 Å². The lowest BCUT2D eigenvalue weighted by Crippen LogP contribution is -2.28.